The first-order valence-corrected chi connectivity index (χ1v) is 13.5. The third kappa shape index (κ3) is 4.60. The Morgan fingerprint density at radius 1 is 1.14 bits per heavy atom. The average molecular weight is 507 g/mol. The Bertz CT molecular complexity index is 1240. The lowest BCUT2D eigenvalue weighted by Crippen LogP contribution is -2.48. The fourth-order valence-electron chi connectivity index (χ4n) is 5.83. The lowest BCUT2D eigenvalue weighted by molar-refractivity contribution is 0.187. The molecule has 36 heavy (non-hydrogen) atoms. The van der Waals surface area contributed by atoms with Crippen molar-refractivity contribution in [2.24, 2.45) is 5.92 Å². The van der Waals surface area contributed by atoms with Crippen LogP contribution in [0.2, 0.25) is 5.02 Å². The van der Waals surface area contributed by atoms with Gasteiger partial charge in [-0.1, -0.05) is 35.9 Å². The van der Waals surface area contributed by atoms with E-state index in [0.717, 1.165) is 72.1 Å². The van der Waals surface area contributed by atoms with E-state index >= 15 is 0 Å². The van der Waals surface area contributed by atoms with Crippen LogP contribution in [0, 0.1) is 5.92 Å². The first kappa shape index (κ1) is 23.8. The second-order valence-corrected chi connectivity index (χ2v) is 10.9. The molecule has 3 aliphatic rings. The van der Waals surface area contributed by atoms with Gasteiger partial charge in [0.05, 0.1) is 17.3 Å². The number of benzene rings is 2. The molecule has 0 bridgehead atoms. The van der Waals surface area contributed by atoms with Gasteiger partial charge in [0, 0.05) is 61.8 Å². The molecular weight excluding hydrogens is 472 g/mol. The minimum Gasteiger partial charge on any atom is -0.462 e. The Morgan fingerprint density at radius 3 is 2.72 bits per heavy atom. The van der Waals surface area contributed by atoms with Gasteiger partial charge in [-0.2, -0.15) is 9.97 Å². The van der Waals surface area contributed by atoms with Crippen molar-refractivity contribution in [3.8, 4) is 6.01 Å². The van der Waals surface area contributed by atoms with Crippen LogP contribution in [0.25, 0.3) is 10.8 Å². The summed E-state index contributed by atoms with van der Waals surface area (Å²) >= 11 is 6.67. The Balaban J connectivity index is 1.32. The van der Waals surface area contributed by atoms with Gasteiger partial charge in [0.25, 0.3) is 0 Å². The van der Waals surface area contributed by atoms with Crippen LogP contribution in [0.15, 0.2) is 36.4 Å². The summed E-state index contributed by atoms with van der Waals surface area (Å²) in [4.78, 5) is 17.0. The predicted molar refractivity (Wildman–Crippen MR) is 147 cm³/mol. The van der Waals surface area contributed by atoms with Gasteiger partial charge >= 0.3 is 6.01 Å². The van der Waals surface area contributed by atoms with Crippen molar-refractivity contribution < 1.29 is 4.74 Å². The fourth-order valence-corrected chi connectivity index (χ4v) is 6.10. The maximum Gasteiger partial charge on any atom is 0.318 e. The molecule has 1 atom stereocenters. The second-order valence-electron chi connectivity index (χ2n) is 10.5. The molecule has 0 unspecified atom stereocenters. The molecule has 0 spiro atoms. The van der Waals surface area contributed by atoms with Crippen LogP contribution < -0.4 is 19.9 Å². The minimum absolute atomic E-state index is 0.432. The number of halogens is 1. The smallest absolute Gasteiger partial charge is 0.318 e. The van der Waals surface area contributed by atoms with E-state index < -0.39 is 0 Å². The van der Waals surface area contributed by atoms with Crippen LogP contribution in [0.3, 0.4) is 0 Å². The molecule has 2 aromatic carbocycles. The highest BCUT2D eigenvalue weighted by molar-refractivity contribution is 6.36. The van der Waals surface area contributed by atoms with Crippen LogP contribution in [0.5, 0.6) is 6.01 Å². The van der Waals surface area contributed by atoms with Gasteiger partial charge in [0.2, 0.25) is 0 Å². The zero-order valence-electron chi connectivity index (χ0n) is 21.2. The summed E-state index contributed by atoms with van der Waals surface area (Å²) in [6.45, 7) is 6.52. The Labute approximate surface area is 218 Å². The normalized spacial score (nSPS) is 20.4. The molecule has 1 N–H and O–H groups in total. The van der Waals surface area contributed by atoms with Crippen molar-refractivity contribution in [2.45, 2.75) is 31.8 Å². The molecule has 6 rings (SSSR count). The molecule has 3 aliphatic heterocycles. The van der Waals surface area contributed by atoms with Gasteiger partial charge in [-0.05, 0) is 50.4 Å². The van der Waals surface area contributed by atoms with Crippen LogP contribution in [0.4, 0.5) is 11.5 Å². The maximum atomic E-state index is 6.67. The van der Waals surface area contributed by atoms with Crippen molar-refractivity contribution in [2.75, 3.05) is 63.2 Å². The molecule has 3 aromatic rings. The summed E-state index contributed by atoms with van der Waals surface area (Å²) in [6, 6.07) is 13.5. The topological polar surface area (TPSA) is 56.8 Å². The van der Waals surface area contributed by atoms with Gasteiger partial charge in [0.15, 0.2) is 0 Å². The molecule has 190 valence electrons. The largest absolute Gasteiger partial charge is 0.462 e. The van der Waals surface area contributed by atoms with Gasteiger partial charge < -0.3 is 24.8 Å². The van der Waals surface area contributed by atoms with E-state index in [-0.39, 0.29) is 0 Å². The quantitative estimate of drug-likeness (QED) is 0.520. The summed E-state index contributed by atoms with van der Waals surface area (Å²) < 4.78 is 6.25. The lowest BCUT2D eigenvalue weighted by atomic mass is 10.0. The molecular formula is C28H35ClN6O. The van der Waals surface area contributed by atoms with Crippen LogP contribution >= 0.6 is 11.6 Å². The molecule has 4 heterocycles. The highest BCUT2D eigenvalue weighted by Crippen LogP contribution is 2.37. The number of hydrogen-bond donors (Lipinski definition) is 1. The number of nitrogens with zero attached hydrogens (tertiary/aromatic N) is 5. The zero-order chi connectivity index (χ0) is 24.6. The van der Waals surface area contributed by atoms with Crippen LogP contribution in [-0.2, 0) is 13.0 Å². The summed E-state index contributed by atoms with van der Waals surface area (Å²) in [7, 11) is 4.33. The van der Waals surface area contributed by atoms with Gasteiger partial charge in [-0.15, -0.1) is 0 Å². The summed E-state index contributed by atoms with van der Waals surface area (Å²) in [5.41, 5.74) is 3.47. The van der Waals surface area contributed by atoms with E-state index in [2.05, 4.69) is 58.4 Å². The number of likely N-dealkylation sites (N-methyl/N-ethyl adjacent to an activating group) is 1. The van der Waals surface area contributed by atoms with Crippen LogP contribution in [-0.4, -0.2) is 74.3 Å². The SMILES string of the molecule is CN(CC1CNC1)c1nc(OC[C@@H]2CCCN2C)nc2c1CCN(c1cccc3cccc(Cl)c13)C2. The third-order valence-corrected chi connectivity index (χ3v) is 8.35. The molecule has 2 saturated heterocycles. The van der Waals surface area contributed by atoms with Gasteiger partial charge in [-0.25, -0.2) is 0 Å². The molecule has 0 saturated carbocycles. The monoisotopic (exact) mass is 506 g/mol. The number of anilines is 2. The van der Waals surface area contributed by atoms with E-state index in [4.69, 9.17) is 26.3 Å². The van der Waals surface area contributed by atoms with E-state index in [0.29, 0.717) is 31.1 Å². The molecule has 1 aromatic heterocycles. The Morgan fingerprint density at radius 2 is 1.97 bits per heavy atom. The molecule has 2 fully saturated rings. The third-order valence-electron chi connectivity index (χ3n) is 8.03. The maximum absolute atomic E-state index is 6.67. The summed E-state index contributed by atoms with van der Waals surface area (Å²) in [5, 5.41) is 6.44. The standard InChI is InChI=1S/C28H35ClN6O/c1-33-12-5-8-21(33)18-36-28-31-24-17-35(25-10-4-7-20-6-3-9-23(29)26(20)25)13-11-22(24)27(32-28)34(2)16-19-14-30-15-19/h3-4,6-7,9-10,19,21,30H,5,8,11-18H2,1-2H3/t21-/m0/s1. The zero-order valence-corrected chi connectivity index (χ0v) is 22.0. The fraction of sp³-hybridized carbons (Fsp3) is 0.500. The second kappa shape index (κ2) is 10.0. The van der Waals surface area contributed by atoms with Crippen molar-refractivity contribution in [1.29, 1.82) is 0 Å². The van der Waals surface area contributed by atoms with E-state index in [1.54, 1.807) is 0 Å². The first-order chi connectivity index (χ1) is 17.6. The minimum atomic E-state index is 0.432. The number of likely N-dealkylation sites (tertiary alicyclic amines) is 1. The van der Waals surface area contributed by atoms with Crippen molar-refractivity contribution >= 4 is 33.9 Å². The van der Waals surface area contributed by atoms with Crippen molar-refractivity contribution in [3.63, 3.8) is 0 Å². The lowest BCUT2D eigenvalue weighted by Gasteiger charge is -2.35. The molecule has 7 nitrogen and oxygen atoms in total. The molecule has 8 heteroatoms. The van der Waals surface area contributed by atoms with Crippen molar-refractivity contribution in [3.05, 3.63) is 52.7 Å². The first-order valence-electron chi connectivity index (χ1n) is 13.1. The van der Waals surface area contributed by atoms with E-state index in [1.807, 2.05) is 12.1 Å². The van der Waals surface area contributed by atoms with Gasteiger partial charge in [-0.3, -0.25) is 0 Å². The number of aromatic nitrogens is 2. The Hall–Kier alpha value is -2.61. The number of ether oxygens (including phenoxy) is 1. The van der Waals surface area contributed by atoms with Crippen molar-refractivity contribution in [1.82, 2.24) is 20.2 Å². The number of nitrogens with one attached hydrogen (secondary N) is 1. The highest BCUT2D eigenvalue weighted by atomic mass is 35.5. The van der Waals surface area contributed by atoms with E-state index in [1.165, 1.54) is 18.4 Å². The molecule has 0 radical (unpaired) electrons. The number of fused-ring (bicyclic) bond motifs is 2. The molecule has 0 aliphatic carbocycles. The van der Waals surface area contributed by atoms with Crippen LogP contribution in [0.1, 0.15) is 24.1 Å². The highest BCUT2D eigenvalue weighted by Gasteiger charge is 2.28. The summed E-state index contributed by atoms with van der Waals surface area (Å²) in [6.07, 6.45) is 3.28. The molecule has 0 amide bonds. The van der Waals surface area contributed by atoms with E-state index in [9.17, 15) is 0 Å². The Kier molecular flexibility index (Phi) is 6.63. The number of hydrogen-bond acceptors (Lipinski definition) is 7. The summed E-state index contributed by atoms with van der Waals surface area (Å²) in [5.74, 6) is 1.69. The average Bonchev–Trinajstić information content (AvgIpc) is 3.28. The predicted octanol–water partition coefficient (Wildman–Crippen LogP) is 3.97. The number of rotatable bonds is 7. The van der Waals surface area contributed by atoms with Gasteiger partial charge in [0.1, 0.15) is 12.4 Å².